The maximum absolute atomic E-state index is 13.4. The minimum absolute atomic E-state index is 0.00646. The van der Waals surface area contributed by atoms with Crippen LogP contribution in [0.5, 0.6) is 0 Å². The zero-order valence-corrected chi connectivity index (χ0v) is 19.9. The first-order chi connectivity index (χ1) is 16.2. The van der Waals surface area contributed by atoms with Gasteiger partial charge in [-0.25, -0.2) is 13.2 Å². The van der Waals surface area contributed by atoms with Crippen molar-refractivity contribution in [3.05, 3.63) is 65.7 Å². The average Bonchev–Trinajstić information content (AvgIpc) is 3.47. The number of carbonyl (C=O) groups is 2. The summed E-state index contributed by atoms with van der Waals surface area (Å²) in [7, 11) is -3.43. The van der Waals surface area contributed by atoms with Gasteiger partial charge in [-0.3, -0.25) is 9.52 Å². The zero-order chi connectivity index (χ0) is 24.2. The van der Waals surface area contributed by atoms with Crippen LogP contribution in [0.2, 0.25) is 0 Å². The topological polar surface area (TPSA) is 126 Å². The monoisotopic (exact) mass is 486 g/mol. The summed E-state index contributed by atoms with van der Waals surface area (Å²) in [6, 6.07) is 15.8. The van der Waals surface area contributed by atoms with Crippen LogP contribution in [0.15, 0.2) is 54.6 Å². The van der Waals surface area contributed by atoms with E-state index in [1.807, 2.05) is 36.4 Å². The fourth-order valence-corrected chi connectivity index (χ4v) is 4.77. The molecule has 1 saturated heterocycles. The molecule has 2 fully saturated rings. The lowest BCUT2D eigenvalue weighted by molar-refractivity contribution is -0.124. The molecule has 2 amide bonds. The SMILES string of the molecule is CS(=O)(=O)Nc1cccc(C2(C(=O)N[C@H](COC(=O)N[C@H]3CCNC3)c3ccccc3)CC2)c1. The van der Waals surface area contributed by atoms with Gasteiger partial charge < -0.3 is 20.7 Å². The molecule has 4 rings (SSSR count). The molecule has 9 nitrogen and oxygen atoms in total. The van der Waals surface area contributed by atoms with Crippen molar-refractivity contribution in [3.63, 3.8) is 0 Å². The first-order valence-electron chi connectivity index (χ1n) is 11.3. The minimum atomic E-state index is -3.43. The lowest BCUT2D eigenvalue weighted by Gasteiger charge is -2.24. The van der Waals surface area contributed by atoms with Crippen molar-refractivity contribution in [3.8, 4) is 0 Å². The maximum atomic E-state index is 13.4. The first-order valence-corrected chi connectivity index (χ1v) is 13.2. The van der Waals surface area contributed by atoms with E-state index < -0.39 is 27.6 Å². The van der Waals surface area contributed by atoms with Gasteiger partial charge in [0.05, 0.1) is 17.7 Å². The molecule has 2 aromatic rings. The van der Waals surface area contributed by atoms with Crippen molar-refractivity contribution >= 4 is 27.7 Å². The second-order valence-corrected chi connectivity index (χ2v) is 10.7. The van der Waals surface area contributed by atoms with Gasteiger partial charge in [0, 0.05) is 18.3 Å². The van der Waals surface area contributed by atoms with Gasteiger partial charge in [0.15, 0.2) is 0 Å². The Hall–Kier alpha value is -3.11. The summed E-state index contributed by atoms with van der Waals surface area (Å²) in [5, 5.41) is 9.08. The largest absolute Gasteiger partial charge is 0.447 e. The summed E-state index contributed by atoms with van der Waals surface area (Å²) in [6.07, 6.45) is 2.73. The quantitative estimate of drug-likeness (QED) is 0.430. The number of rotatable bonds is 9. The molecule has 34 heavy (non-hydrogen) atoms. The number of alkyl carbamates (subject to hydrolysis) is 1. The van der Waals surface area contributed by atoms with Crippen molar-refractivity contribution in [2.45, 2.75) is 36.8 Å². The predicted molar refractivity (Wildman–Crippen MR) is 129 cm³/mol. The maximum Gasteiger partial charge on any atom is 0.407 e. The molecular weight excluding hydrogens is 456 g/mol. The van der Waals surface area contributed by atoms with Gasteiger partial charge in [0.25, 0.3) is 0 Å². The summed E-state index contributed by atoms with van der Waals surface area (Å²) in [5.74, 6) is -0.179. The number of anilines is 1. The average molecular weight is 487 g/mol. The zero-order valence-electron chi connectivity index (χ0n) is 19.0. The number of hydrogen-bond donors (Lipinski definition) is 4. The molecule has 1 saturated carbocycles. The summed E-state index contributed by atoms with van der Waals surface area (Å²) in [6.45, 7) is 1.56. The molecule has 0 unspecified atom stereocenters. The number of carbonyl (C=O) groups excluding carboxylic acids is 2. The minimum Gasteiger partial charge on any atom is -0.447 e. The fraction of sp³-hybridized carbons (Fsp3) is 0.417. The van der Waals surface area contributed by atoms with Crippen LogP contribution in [0, 0.1) is 0 Å². The Morgan fingerprint density at radius 2 is 1.91 bits per heavy atom. The molecule has 0 radical (unpaired) electrons. The van der Waals surface area contributed by atoms with Crippen LogP contribution in [-0.2, 0) is 25.0 Å². The van der Waals surface area contributed by atoms with E-state index in [-0.39, 0.29) is 18.6 Å². The van der Waals surface area contributed by atoms with Crippen molar-refractivity contribution < 1.29 is 22.7 Å². The summed E-state index contributed by atoms with van der Waals surface area (Å²) >= 11 is 0. The molecule has 1 heterocycles. The molecular formula is C24H30N4O5S. The molecule has 2 atom stereocenters. The summed E-state index contributed by atoms with van der Waals surface area (Å²) in [4.78, 5) is 25.7. The fourth-order valence-electron chi connectivity index (χ4n) is 4.21. The third kappa shape index (κ3) is 6.06. The highest BCUT2D eigenvalue weighted by molar-refractivity contribution is 7.92. The van der Waals surface area contributed by atoms with Crippen LogP contribution in [0.4, 0.5) is 10.5 Å². The number of hydrogen-bond acceptors (Lipinski definition) is 6. The first kappa shape index (κ1) is 24.0. The van der Waals surface area contributed by atoms with E-state index in [2.05, 4.69) is 20.7 Å². The van der Waals surface area contributed by atoms with Crippen molar-refractivity contribution in [1.82, 2.24) is 16.0 Å². The van der Waals surface area contributed by atoms with Gasteiger partial charge in [0.1, 0.15) is 6.61 Å². The van der Waals surface area contributed by atoms with E-state index in [1.165, 1.54) is 0 Å². The van der Waals surface area contributed by atoms with Crippen LogP contribution in [0.1, 0.15) is 36.4 Å². The van der Waals surface area contributed by atoms with Gasteiger partial charge in [0.2, 0.25) is 15.9 Å². The Balaban J connectivity index is 1.46. The molecule has 10 heteroatoms. The van der Waals surface area contributed by atoms with E-state index in [0.29, 0.717) is 25.1 Å². The number of benzene rings is 2. The molecule has 2 aliphatic rings. The van der Waals surface area contributed by atoms with Crippen LogP contribution < -0.4 is 20.7 Å². The molecule has 2 aromatic carbocycles. The van der Waals surface area contributed by atoms with E-state index in [4.69, 9.17) is 4.74 Å². The highest BCUT2D eigenvalue weighted by Gasteiger charge is 2.51. The van der Waals surface area contributed by atoms with Gasteiger partial charge in [-0.2, -0.15) is 0 Å². The lowest BCUT2D eigenvalue weighted by atomic mass is 9.93. The second kappa shape index (κ2) is 10.0. The van der Waals surface area contributed by atoms with Gasteiger partial charge in [-0.1, -0.05) is 42.5 Å². The molecule has 4 N–H and O–H groups in total. The highest BCUT2D eigenvalue weighted by Crippen LogP contribution is 2.49. The van der Waals surface area contributed by atoms with Crippen molar-refractivity contribution in [2.24, 2.45) is 0 Å². The van der Waals surface area contributed by atoms with Crippen LogP contribution in [-0.4, -0.2) is 52.4 Å². The normalized spacial score (nSPS) is 19.6. The lowest BCUT2D eigenvalue weighted by Crippen LogP contribution is -2.41. The number of sulfonamides is 1. The molecule has 0 spiro atoms. The predicted octanol–water partition coefficient (Wildman–Crippen LogP) is 2.04. The van der Waals surface area contributed by atoms with Crippen molar-refractivity contribution in [2.75, 3.05) is 30.7 Å². The third-order valence-electron chi connectivity index (χ3n) is 6.17. The Morgan fingerprint density at radius 3 is 2.56 bits per heavy atom. The molecule has 182 valence electrons. The van der Waals surface area contributed by atoms with Crippen LogP contribution in [0.3, 0.4) is 0 Å². The molecule has 1 aliphatic carbocycles. The van der Waals surface area contributed by atoms with E-state index in [1.54, 1.807) is 18.2 Å². The highest BCUT2D eigenvalue weighted by atomic mass is 32.2. The molecule has 0 aromatic heterocycles. The molecule has 0 bridgehead atoms. The summed E-state index contributed by atoms with van der Waals surface area (Å²) in [5.41, 5.74) is 1.26. The van der Waals surface area contributed by atoms with E-state index in [9.17, 15) is 18.0 Å². The summed E-state index contributed by atoms with van der Waals surface area (Å²) < 4.78 is 31.1. The van der Waals surface area contributed by atoms with Crippen molar-refractivity contribution in [1.29, 1.82) is 0 Å². The standard InChI is InChI=1S/C24H30N4O5S/c1-34(31,32)28-19-9-5-8-18(14-19)24(11-12-24)22(29)27-21(17-6-3-2-4-7-17)16-33-23(30)26-20-10-13-25-15-20/h2-9,14,20-21,25,28H,10-13,15-16H2,1H3,(H,26,30)(H,27,29)/t20-,21+/m0/s1. The van der Waals surface area contributed by atoms with E-state index in [0.717, 1.165) is 30.3 Å². The van der Waals surface area contributed by atoms with Gasteiger partial charge >= 0.3 is 6.09 Å². The van der Waals surface area contributed by atoms with Gasteiger partial charge in [-0.05, 0) is 49.1 Å². The van der Waals surface area contributed by atoms with Crippen LogP contribution >= 0.6 is 0 Å². The third-order valence-corrected chi connectivity index (χ3v) is 6.78. The van der Waals surface area contributed by atoms with Gasteiger partial charge in [-0.15, -0.1) is 0 Å². The Bertz CT molecular complexity index is 1130. The van der Waals surface area contributed by atoms with E-state index >= 15 is 0 Å². The number of amides is 2. The smallest absolute Gasteiger partial charge is 0.407 e. The number of ether oxygens (including phenoxy) is 1. The van der Waals surface area contributed by atoms with Crippen LogP contribution in [0.25, 0.3) is 0 Å². The Labute approximate surface area is 199 Å². The molecule has 1 aliphatic heterocycles. The Kier molecular flexibility index (Phi) is 7.08. The Morgan fingerprint density at radius 1 is 1.15 bits per heavy atom. The second-order valence-electron chi connectivity index (χ2n) is 8.91. The number of nitrogens with one attached hydrogen (secondary N) is 4.